The van der Waals surface area contributed by atoms with Crippen LogP contribution < -0.4 is 5.32 Å². The first-order valence-corrected chi connectivity index (χ1v) is 9.39. The highest BCUT2D eigenvalue weighted by molar-refractivity contribution is 7.11. The number of aryl methyl sites for hydroxylation is 1. The van der Waals surface area contributed by atoms with Gasteiger partial charge >= 0.3 is 0 Å². The zero-order valence-corrected chi connectivity index (χ0v) is 14.9. The summed E-state index contributed by atoms with van der Waals surface area (Å²) in [5.41, 5.74) is 3.73. The van der Waals surface area contributed by atoms with E-state index in [1.165, 1.54) is 42.6 Å². The van der Waals surface area contributed by atoms with E-state index in [0.717, 1.165) is 11.4 Å². The lowest BCUT2D eigenvalue weighted by Crippen LogP contribution is -2.23. The molecule has 0 saturated carbocycles. The Balaban J connectivity index is 1.57. The van der Waals surface area contributed by atoms with E-state index in [0.29, 0.717) is 6.54 Å². The Morgan fingerprint density at radius 1 is 1.21 bits per heavy atom. The minimum Gasteiger partial charge on any atom is -0.348 e. The van der Waals surface area contributed by atoms with Crippen LogP contribution >= 0.6 is 11.3 Å². The van der Waals surface area contributed by atoms with Crippen molar-refractivity contribution in [2.24, 2.45) is 0 Å². The van der Waals surface area contributed by atoms with Crippen LogP contribution in [0.5, 0.6) is 0 Å². The van der Waals surface area contributed by atoms with Crippen LogP contribution in [0.3, 0.4) is 0 Å². The molecule has 0 atom stereocenters. The summed E-state index contributed by atoms with van der Waals surface area (Å²) in [5, 5.41) is 5.05. The van der Waals surface area contributed by atoms with Gasteiger partial charge in [-0.2, -0.15) is 0 Å². The van der Waals surface area contributed by atoms with Crippen molar-refractivity contribution in [3.05, 3.63) is 63.4 Å². The van der Waals surface area contributed by atoms with Crippen molar-refractivity contribution in [3.63, 3.8) is 0 Å². The van der Waals surface area contributed by atoms with Crippen LogP contribution in [-0.2, 0) is 17.9 Å². The van der Waals surface area contributed by atoms with Crippen LogP contribution in [0.1, 0.15) is 34.4 Å². The first-order chi connectivity index (χ1) is 11.7. The number of hydrogen-bond donors (Lipinski definition) is 1. The third-order valence-electron chi connectivity index (χ3n) is 4.45. The van der Waals surface area contributed by atoms with Crippen LogP contribution in [0.25, 0.3) is 6.08 Å². The maximum Gasteiger partial charge on any atom is 0.244 e. The summed E-state index contributed by atoms with van der Waals surface area (Å²) in [6, 6.07) is 10.5. The summed E-state index contributed by atoms with van der Waals surface area (Å²) in [6.45, 7) is 5.99. The number of likely N-dealkylation sites (tertiary alicyclic amines) is 1. The van der Waals surface area contributed by atoms with Crippen LogP contribution in [0.2, 0.25) is 0 Å². The molecule has 1 aromatic heterocycles. The third kappa shape index (κ3) is 4.56. The number of carbonyl (C=O) groups excluding carboxylic acids is 1. The molecule has 0 aliphatic carbocycles. The Bertz CT molecular complexity index is 714. The third-order valence-corrected chi connectivity index (χ3v) is 5.44. The van der Waals surface area contributed by atoms with Gasteiger partial charge in [-0.1, -0.05) is 24.3 Å². The number of hydrogen-bond acceptors (Lipinski definition) is 3. The molecule has 2 aromatic rings. The summed E-state index contributed by atoms with van der Waals surface area (Å²) in [6.07, 6.45) is 6.12. The molecule has 1 N–H and O–H groups in total. The van der Waals surface area contributed by atoms with Crippen molar-refractivity contribution in [3.8, 4) is 0 Å². The molecular weight excluding hydrogens is 316 g/mol. The molecule has 1 fully saturated rings. The second-order valence-corrected chi connectivity index (χ2v) is 7.22. The molecule has 0 spiro atoms. The van der Waals surface area contributed by atoms with Crippen LogP contribution in [0.4, 0.5) is 0 Å². The fourth-order valence-corrected chi connectivity index (χ4v) is 3.83. The molecule has 2 heterocycles. The maximum atomic E-state index is 12.1. The summed E-state index contributed by atoms with van der Waals surface area (Å²) in [7, 11) is 0. The van der Waals surface area contributed by atoms with E-state index in [9.17, 15) is 4.79 Å². The van der Waals surface area contributed by atoms with E-state index in [2.05, 4.69) is 41.4 Å². The number of nitrogens with zero attached hydrogens (tertiary/aromatic N) is 1. The number of carbonyl (C=O) groups is 1. The lowest BCUT2D eigenvalue weighted by atomic mass is 10.1. The van der Waals surface area contributed by atoms with Gasteiger partial charge in [0, 0.05) is 24.0 Å². The van der Waals surface area contributed by atoms with Gasteiger partial charge in [-0.15, -0.1) is 11.3 Å². The SMILES string of the molecule is Cc1ccsc1/C=C/C(=O)NCc1ccccc1CN1CCCC1. The van der Waals surface area contributed by atoms with Crippen LogP contribution in [0.15, 0.2) is 41.8 Å². The quantitative estimate of drug-likeness (QED) is 0.807. The molecule has 0 bridgehead atoms. The van der Waals surface area contributed by atoms with E-state index in [4.69, 9.17) is 0 Å². The zero-order valence-electron chi connectivity index (χ0n) is 14.1. The minimum absolute atomic E-state index is 0.0428. The highest BCUT2D eigenvalue weighted by Gasteiger charge is 2.13. The molecule has 3 nitrogen and oxygen atoms in total. The molecule has 1 aromatic carbocycles. The predicted molar refractivity (Wildman–Crippen MR) is 101 cm³/mol. The first kappa shape index (κ1) is 16.9. The summed E-state index contributed by atoms with van der Waals surface area (Å²) >= 11 is 1.65. The van der Waals surface area contributed by atoms with E-state index in [1.54, 1.807) is 17.4 Å². The van der Waals surface area contributed by atoms with Gasteiger partial charge in [0.1, 0.15) is 0 Å². The van der Waals surface area contributed by atoms with E-state index in [-0.39, 0.29) is 5.91 Å². The number of benzene rings is 1. The van der Waals surface area contributed by atoms with Gasteiger partial charge in [-0.05, 0) is 67.1 Å². The average Bonchev–Trinajstić information content (AvgIpc) is 3.24. The molecule has 1 saturated heterocycles. The summed E-state index contributed by atoms with van der Waals surface area (Å²) < 4.78 is 0. The van der Waals surface area contributed by atoms with Gasteiger partial charge in [-0.25, -0.2) is 0 Å². The average molecular weight is 340 g/mol. The van der Waals surface area contributed by atoms with Crippen molar-refractivity contribution in [2.45, 2.75) is 32.9 Å². The normalized spacial score (nSPS) is 15.2. The molecule has 1 aliphatic rings. The fourth-order valence-electron chi connectivity index (χ4n) is 3.01. The second-order valence-electron chi connectivity index (χ2n) is 6.27. The fraction of sp³-hybridized carbons (Fsp3) is 0.350. The molecule has 1 aliphatic heterocycles. The maximum absolute atomic E-state index is 12.1. The van der Waals surface area contributed by atoms with Crippen molar-refractivity contribution in [1.82, 2.24) is 10.2 Å². The number of amides is 1. The van der Waals surface area contributed by atoms with Gasteiger partial charge < -0.3 is 5.32 Å². The van der Waals surface area contributed by atoms with Gasteiger partial charge in [0.2, 0.25) is 5.91 Å². The summed E-state index contributed by atoms with van der Waals surface area (Å²) in [4.78, 5) is 15.7. The highest BCUT2D eigenvalue weighted by atomic mass is 32.1. The molecule has 4 heteroatoms. The van der Waals surface area contributed by atoms with E-state index >= 15 is 0 Å². The number of nitrogens with one attached hydrogen (secondary N) is 1. The smallest absolute Gasteiger partial charge is 0.244 e. The van der Waals surface area contributed by atoms with E-state index < -0.39 is 0 Å². The van der Waals surface area contributed by atoms with Crippen LogP contribution in [-0.4, -0.2) is 23.9 Å². The van der Waals surface area contributed by atoms with Crippen LogP contribution in [0, 0.1) is 6.92 Å². The minimum atomic E-state index is -0.0428. The predicted octanol–water partition coefficient (Wildman–Crippen LogP) is 3.98. The lowest BCUT2D eigenvalue weighted by Gasteiger charge is -2.17. The van der Waals surface area contributed by atoms with Gasteiger partial charge in [0.15, 0.2) is 0 Å². The Morgan fingerprint density at radius 2 is 1.96 bits per heavy atom. The van der Waals surface area contributed by atoms with Crippen molar-refractivity contribution in [1.29, 1.82) is 0 Å². The molecule has 126 valence electrons. The van der Waals surface area contributed by atoms with Gasteiger partial charge in [0.25, 0.3) is 0 Å². The molecule has 24 heavy (non-hydrogen) atoms. The van der Waals surface area contributed by atoms with Gasteiger partial charge in [-0.3, -0.25) is 9.69 Å². The Hall–Kier alpha value is -1.91. The summed E-state index contributed by atoms with van der Waals surface area (Å²) in [5.74, 6) is -0.0428. The Morgan fingerprint density at radius 3 is 2.67 bits per heavy atom. The molecule has 3 rings (SSSR count). The molecule has 0 unspecified atom stereocenters. The number of rotatable bonds is 6. The first-order valence-electron chi connectivity index (χ1n) is 8.51. The van der Waals surface area contributed by atoms with E-state index in [1.807, 2.05) is 17.5 Å². The number of thiophene rings is 1. The molecule has 0 radical (unpaired) electrons. The molecular formula is C20H24N2OS. The standard InChI is InChI=1S/C20H24N2OS/c1-16-10-13-24-19(16)8-9-20(23)21-14-17-6-2-3-7-18(17)15-22-11-4-5-12-22/h2-3,6-10,13H,4-5,11-12,14-15H2,1H3,(H,21,23)/b9-8+. The second kappa shape index (κ2) is 8.27. The van der Waals surface area contributed by atoms with Crippen molar-refractivity contribution < 1.29 is 4.79 Å². The Kier molecular flexibility index (Phi) is 5.83. The zero-order chi connectivity index (χ0) is 16.8. The Labute approximate surface area is 148 Å². The van der Waals surface area contributed by atoms with Crippen molar-refractivity contribution in [2.75, 3.05) is 13.1 Å². The monoisotopic (exact) mass is 340 g/mol. The lowest BCUT2D eigenvalue weighted by molar-refractivity contribution is -0.116. The van der Waals surface area contributed by atoms with Gasteiger partial charge in [0.05, 0.1) is 0 Å². The largest absolute Gasteiger partial charge is 0.348 e. The van der Waals surface area contributed by atoms with Crippen molar-refractivity contribution >= 4 is 23.3 Å². The molecule has 1 amide bonds. The highest BCUT2D eigenvalue weighted by Crippen LogP contribution is 2.17. The topological polar surface area (TPSA) is 32.3 Å².